The normalized spacial score (nSPS) is 15.2. The van der Waals surface area contributed by atoms with Gasteiger partial charge in [0.25, 0.3) is 0 Å². The molecule has 2 amide bonds. The van der Waals surface area contributed by atoms with Gasteiger partial charge in [-0.05, 0) is 6.92 Å². The first-order valence-electron chi connectivity index (χ1n) is 3.45. The largest absolute Gasteiger partial charge is 0.382 e. The molecular weight excluding hydrogens is 162 g/mol. The maximum Gasteiger partial charge on any atom is 0.247 e. The van der Waals surface area contributed by atoms with E-state index in [0.717, 1.165) is 0 Å². The van der Waals surface area contributed by atoms with Gasteiger partial charge in [0, 0.05) is 6.54 Å². The molecule has 0 aliphatic carbocycles. The first kappa shape index (κ1) is 10.9. The van der Waals surface area contributed by atoms with Crippen molar-refractivity contribution in [1.29, 1.82) is 0 Å². The quantitative estimate of drug-likeness (QED) is 0.363. The van der Waals surface area contributed by atoms with Crippen molar-refractivity contribution < 1.29 is 14.7 Å². The predicted octanol–water partition coefficient (Wildman–Crippen LogP) is -2.70. The molecule has 6 N–H and O–H groups in total. The summed E-state index contributed by atoms with van der Waals surface area (Å²) in [7, 11) is 0. The molecular formula is C6H13N3O3. The van der Waals surface area contributed by atoms with Crippen LogP contribution in [0.5, 0.6) is 0 Å². The number of aliphatic hydroxyl groups excluding tert-OH is 1. The number of hydrogen-bond donors (Lipinski definition) is 4. The summed E-state index contributed by atoms with van der Waals surface area (Å²) in [5.74, 6) is -1.38. The van der Waals surface area contributed by atoms with Crippen molar-refractivity contribution in [3.05, 3.63) is 0 Å². The van der Waals surface area contributed by atoms with Crippen molar-refractivity contribution >= 4 is 11.8 Å². The Morgan fingerprint density at radius 1 is 1.42 bits per heavy atom. The van der Waals surface area contributed by atoms with Crippen LogP contribution < -0.4 is 16.8 Å². The molecule has 0 saturated carbocycles. The van der Waals surface area contributed by atoms with Crippen LogP contribution in [0.15, 0.2) is 0 Å². The van der Waals surface area contributed by atoms with Crippen molar-refractivity contribution in [2.75, 3.05) is 6.54 Å². The van der Waals surface area contributed by atoms with Gasteiger partial charge in [0.05, 0.1) is 6.04 Å². The van der Waals surface area contributed by atoms with Crippen LogP contribution in [0.25, 0.3) is 0 Å². The van der Waals surface area contributed by atoms with Crippen LogP contribution in [0.4, 0.5) is 0 Å². The summed E-state index contributed by atoms with van der Waals surface area (Å²) in [6, 6.07) is -0.584. The summed E-state index contributed by atoms with van der Waals surface area (Å²) in [5.41, 5.74) is 9.65. The molecule has 0 heterocycles. The monoisotopic (exact) mass is 175 g/mol. The fraction of sp³-hybridized carbons (Fsp3) is 0.667. The van der Waals surface area contributed by atoms with Gasteiger partial charge >= 0.3 is 0 Å². The van der Waals surface area contributed by atoms with Crippen molar-refractivity contribution in [1.82, 2.24) is 5.32 Å². The summed E-state index contributed by atoms with van der Waals surface area (Å²) >= 11 is 0. The fourth-order valence-corrected chi connectivity index (χ4v) is 0.490. The Labute approximate surface area is 69.9 Å². The lowest BCUT2D eigenvalue weighted by Gasteiger charge is -2.11. The van der Waals surface area contributed by atoms with E-state index in [9.17, 15) is 9.59 Å². The predicted molar refractivity (Wildman–Crippen MR) is 41.9 cm³/mol. The minimum absolute atomic E-state index is 0.0700. The van der Waals surface area contributed by atoms with E-state index >= 15 is 0 Å². The highest BCUT2D eigenvalue weighted by Crippen LogP contribution is 1.82. The molecule has 2 unspecified atom stereocenters. The first-order chi connectivity index (χ1) is 5.45. The van der Waals surface area contributed by atoms with Crippen LogP contribution in [0.3, 0.4) is 0 Å². The second kappa shape index (κ2) is 4.68. The molecule has 0 fully saturated rings. The van der Waals surface area contributed by atoms with Gasteiger partial charge in [-0.2, -0.15) is 0 Å². The van der Waals surface area contributed by atoms with Crippen LogP contribution in [-0.4, -0.2) is 35.6 Å². The van der Waals surface area contributed by atoms with Crippen molar-refractivity contribution in [3.63, 3.8) is 0 Å². The molecule has 0 radical (unpaired) electrons. The third-order valence-electron chi connectivity index (χ3n) is 1.37. The third kappa shape index (κ3) is 3.89. The molecule has 0 aromatic rings. The summed E-state index contributed by atoms with van der Waals surface area (Å²) in [6.45, 7) is 1.45. The molecule has 0 aliphatic heterocycles. The van der Waals surface area contributed by atoms with E-state index < -0.39 is 24.0 Å². The second-order valence-corrected chi connectivity index (χ2v) is 2.45. The lowest BCUT2D eigenvalue weighted by molar-refractivity contribution is -0.126. The van der Waals surface area contributed by atoms with Crippen LogP contribution in [0.2, 0.25) is 0 Å². The molecule has 0 spiro atoms. The number of amides is 2. The number of aliphatic hydroxyl groups is 1. The molecule has 0 rings (SSSR count). The number of primary amides is 2. The molecule has 2 atom stereocenters. The molecule has 6 heteroatoms. The highest BCUT2D eigenvalue weighted by Gasteiger charge is 2.13. The Morgan fingerprint density at radius 3 is 2.25 bits per heavy atom. The third-order valence-corrected chi connectivity index (χ3v) is 1.37. The minimum atomic E-state index is -1.29. The van der Waals surface area contributed by atoms with Gasteiger partial charge in [0.2, 0.25) is 11.8 Å². The van der Waals surface area contributed by atoms with E-state index in [1.54, 1.807) is 0 Å². The van der Waals surface area contributed by atoms with Gasteiger partial charge in [0.1, 0.15) is 6.10 Å². The van der Waals surface area contributed by atoms with E-state index in [1.165, 1.54) is 6.92 Å². The van der Waals surface area contributed by atoms with Crippen LogP contribution >= 0.6 is 0 Å². The van der Waals surface area contributed by atoms with Gasteiger partial charge in [0.15, 0.2) is 0 Å². The van der Waals surface area contributed by atoms with Gasteiger partial charge < -0.3 is 21.9 Å². The summed E-state index contributed by atoms with van der Waals surface area (Å²) in [5, 5.41) is 11.4. The maximum atomic E-state index is 10.4. The fourth-order valence-electron chi connectivity index (χ4n) is 0.490. The summed E-state index contributed by atoms with van der Waals surface area (Å²) in [4.78, 5) is 20.7. The van der Waals surface area contributed by atoms with Crippen LogP contribution in [0, 0.1) is 0 Å². The van der Waals surface area contributed by atoms with E-state index in [1.807, 2.05) is 0 Å². The SMILES string of the molecule is CC(NCC(O)C(N)=O)C(N)=O. The van der Waals surface area contributed by atoms with Gasteiger partial charge in [-0.1, -0.05) is 0 Å². The average molecular weight is 175 g/mol. The first-order valence-corrected chi connectivity index (χ1v) is 3.45. The Balaban J connectivity index is 3.68. The standard InChI is InChI=1S/C6H13N3O3/c1-3(5(7)11)9-2-4(10)6(8)12/h3-4,9-10H,2H2,1H3,(H2,7,11)(H2,8,12). The van der Waals surface area contributed by atoms with Crippen LogP contribution in [0.1, 0.15) is 6.92 Å². The number of rotatable bonds is 5. The molecule has 0 bridgehead atoms. The molecule has 0 aromatic heterocycles. The molecule has 0 aliphatic rings. The molecule has 12 heavy (non-hydrogen) atoms. The second-order valence-electron chi connectivity index (χ2n) is 2.45. The van der Waals surface area contributed by atoms with Crippen molar-refractivity contribution in [3.8, 4) is 0 Å². The number of nitrogens with two attached hydrogens (primary N) is 2. The van der Waals surface area contributed by atoms with Gasteiger partial charge in [-0.3, -0.25) is 9.59 Å². The lowest BCUT2D eigenvalue weighted by atomic mass is 10.3. The highest BCUT2D eigenvalue weighted by molar-refractivity contribution is 5.80. The molecule has 0 aromatic carbocycles. The highest BCUT2D eigenvalue weighted by atomic mass is 16.3. The van der Waals surface area contributed by atoms with Crippen molar-refractivity contribution in [2.24, 2.45) is 11.5 Å². The van der Waals surface area contributed by atoms with Crippen molar-refractivity contribution in [2.45, 2.75) is 19.1 Å². The molecule has 70 valence electrons. The maximum absolute atomic E-state index is 10.4. The van der Waals surface area contributed by atoms with E-state index in [2.05, 4.69) is 5.32 Å². The van der Waals surface area contributed by atoms with Gasteiger partial charge in [-0.15, -0.1) is 0 Å². The zero-order valence-corrected chi connectivity index (χ0v) is 6.78. The minimum Gasteiger partial charge on any atom is -0.382 e. The Bertz CT molecular complexity index is 163. The van der Waals surface area contributed by atoms with Crippen LogP contribution in [-0.2, 0) is 9.59 Å². The zero-order valence-electron chi connectivity index (χ0n) is 6.78. The Morgan fingerprint density at radius 2 is 1.92 bits per heavy atom. The number of carbonyl (C=O) groups excluding carboxylic acids is 2. The van der Waals surface area contributed by atoms with E-state index in [-0.39, 0.29) is 6.54 Å². The van der Waals surface area contributed by atoms with E-state index in [0.29, 0.717) is 0 Å². The summed E-state index contributed by atoms with van der Waals surface area (Å²) in [6.07, 6.45) is -1.29. The average Bonchev–Trinajstić information content (AvgIpc) is 1.98. The number of hydrogen-bond acceptors (Lipinski definition) is 4. The zero-order chi connectivity index (χ0) is 9.72. The Hall–Kier alpha value is -1.14. The summed E-state index contributed by atoms with van der Waals surface area (Å²) < 4.78 is 0. The van der Waals surface area contributed by atoms with E-state index in [4.69, 9.17) is 16.6 Å². The number of nitrogens with one attached hydrogen (secondary N) is 1. The lowest BCUT2D eigenvalue weighted by Crippen LogP contribution is -2.45. The van der Waals surface area contributed by atoms with Gasteiger partial charge in [-0.25, -0.2) is 0 Å². The Kier molecular flexibility index (Phi) is 4.24. The topological polar surface area (TPSA) is 118 Å². The molecule has 6 nitrogen and oxygen atoms in total. The smallest absolute Gasteiger partial charge is 0.247 e. The number of carbonyl (C=O) groups is 2. The molecule has 0 saturated heterocycles.